The van der Waals surface area contributed by atoms with E-state index in [1.54, 1.807) is 18.4 Å². The molecular formula is C20H29N2O5. The zero-order valence-corrected chi connectivity index (χ0v) is 16.0. The fourth-order valence-corrected chi connectivity index (χ4v) is 2.23. The number of hydrogen-bond donors (Lipinski definition) is 0. The Morgan fingerprint density at radius 3 is 2.11 bits per heavy atom. The van der Waals surface area contributed by atoms with Crippen molar-refractivity contribution in [1.82, 2.24) is 0 Å². The Morgan fingerprint density at radius 2 is 1.48 bits per heavy atom. The van der Waals surface area contributed by atoms with Gasteiger partial charge in [-0.25, -0.2) is 0 Å². The maximum atomic E-state index is 11.1. The largest absolute Gasteiger partial charge is 0.291 e. The molecule has 7 nitrogen and oxygen atoms in total. The first kappa shape index (κ1) is 24.4. The van der Waals surface area contributed by atoms with E-state index in [0.717, 1.165) is 19.3 Å². The first-order chi connectivity index (χ1) is 13.0. The smallest absolute Gasteiger partial charge is 0.246 e. The molecule has 0 aromatic rings. The molecule has 0 saturated carbocycles. The highest BCUT2D eigenvalue weighted by Crippen LogP contribution is 2.12. The predicted molar refractivity (Wildman–Crippen MR) is 106 cm³/mol. The highest BCUT2D eigenvalue weighted by atomic mass is 16.6. The van der Waals surface area contributed by atoms with Crippen LogP contribution in [0.15, 0.2) is 47.9 Å². The van der Waals surface area contributed by atoms with Gasteiger partial charge in [-0.05, 0) is 44.3 Å². The van der Waals surface area contributed by atoms with Gasteiger partial charge in [-0.15, -0.1) is 0 Å². The summed E-state index contributed by atoms with van der Waals surface area (Å²) in [7, 11) is 0. The monoisotopic (exact) mass is 377 g/mol. The summed E-state index contributed by atoms with van der Waals surface area (Å²) in [5.74, 6) is 0. The van der Waals surface area contributed by atoms with Gasteiger partial charge >= 0.3 is 0 Å². The molecule has 0 atom stereocenters. The number of allylic oxidation sites excluding steroid dienone is 6. The molecule has 0 aliphatic heterocycles. The Labute approximate surface area is 160 Å². The van der Waals surface area contributed by atoms with Gasteiger partial charge in [0.25, 0.3) is 0 Å². The van der Waals surface area contributed by atoms with Crippen molar-refractivity contribution in [2.75, 3.05) is 0 Å². The van der Waals surface area contributed by atoms with E-state index in [-0.39, 0.29) is 24.2 Å². The summed E-state index contributed by atoms with van der Waals surface area (Å²) in [6.45, 7) is 2.13. The van der Waals surface area contributed by atoms with Crippen LogP contribution in [0.2, 0.25) is 0 Å². The summed E-state index contributed by atoms with van der Waals surface area (Å²) in [4.78, 5) is 31.3. The van der Waals surface area contributed by atoms with E-state index in [2.05, 4.69) is 6.92 Å². The number of unbranched alkanes of at least 4 members (excludes halogenated alkanes) is 5. The summed E-state index contributed by atoms with van der Waals surface area (Å²) in [6.07, 6.45) is 18.4. The topological polar surface area (TPSA) is 103 Å². The Bertz CT molecular complexity index is 577. The Morgan fingerprint density at radius 1 is 0.852 bits per heavy atom. The predicted octanol–water partition coefficient (Wildman–Crippen LogP) is 5.45. The van der Waals surface area contributed by atoms with Crippen molar-refractivity contribution >= 4 is 6.29 Å². The molecule has 0 saturated heterocycles. The average molecular weight is 377 g/mol. The van der Waals surface area contributed by atoms with Gasteiger partial charge in [0, 0.05) is 6.42 Å². The number of rotatable bonds is 16. The van der Waals surface area contributed by atoms with Gasteiger partial charge in [-0.2, -0.15) is 0 Å². The van der Waals surface area contributed by atoms with E-state index in [1.165, 1.54) is 18.6 Å². The average Bonchev–Trinajstić information content (AvgIpc) is 2.63. The Hall–Kier alpha value is -2.57. The van der Waals surface area contributed by atoms with E-state index >= 15 is 0 Å². The van der Waals surface area contributed by atoms with Gasteiger partial charge < -0.3 is 0 Å². The molecule has 0 fully saturated rings. The fraction of sp³-hybridized carbons (Fsp3) is 0.550. The summed E-state index contributed by atoms with van der Waals surface area (Å²) in [5, 5.41) is 22.2. The molecule has 1 radical (unpaired) electrons. The molecule has 27 heavy (non-hydrogen) atoms. The lowest BCUT2D eigenvalue weighted by molar-refractivity contribution is -0.431. The van der Waals surface area contributed by atoms with Crippen LogP contribution >= 0.6 is 0 Å². The van der Waals surface area contributed by atoms with Gasteiger partial charge in [-0.1, -0.05) is 44.1 Å². The number of hydrogen-bond acceptors (Lipinski definition) is 5. The molecule has 0 rings (SSSR count). The lowest BCUT2D eigenvalue weighted by Gasteiger charge is -1.97. The third-order valence-electron chi connectivity index (χ3n) is 3.79. The van der Waals surface area contributed by atoms with Gasteiger partial charge in [0.2, 0.25) is 11.4 Å². The van der Waals surface area contributed by atoms with Crippen LogP contribution < -0.4 is 0 Å². The van der Waals surface area contributed by atoms with Crippen LogP contribution in [0.3, 0.4) is 0 Å². The molecule has 7 heteroatoms. The van der Waals surface area contributed by atoms with E-state index < -0.39 is 9.85 Å². The van der Waals surface area contributed by atoms with E-state index in [4.69, 9.17) is 0 Å². The van der Waals surface area contributed by atoms with Gasteiger partial charge in [0.1, 0.15) is 0 Å². The molecule has 0 bridgehead atoms. The quantitative estimate of drug-likeness (QED) is 0.154. The van der Waals surface area contributed by atoms with Crippen molar-refractivity contribution in [3.05, 3.63) is 68.1 Å². The number of nitrogens with zero attached hydrogens (tertiary/aromatic N) is 2. The molecule has 0 heterocycles. The molecule has 0 aliphatic rings. The van der Waals surface area contributed by atoms with Crippen LogP contribution in [0.5, 0.6) is 0 Å². The summed E-state index contributed by atoms with van der Waals surface area (Å²) in [5.41, 5.74) is -0.117. The van der Waals surface area contributed by atoms with Crippen LogP contribution in [-0.2, 0) is 4.79 Å². The van der Waals surface area contributed by atoms with Gasteiger partial charge in [-0.3, -0.25) is 25.0 Å². The summed E-state index contributed by atoms with van der Waals surface area (Å²) < 4.78 is 0. The van der Waals surface area contributed by atoms with Crippen molar-refractivity contribution < 1.29 is 14.6 Å². The highest BCUT2D eigenvalue weighted by Gasteiger charge is 2.13. The molecule has 149 valence electrons. The van der Waals surface area contributed by atoms with Crippen molar-refractivity contribution in [1.29, 1.82) is 0 Å². The first-order valence-electron chi connectivity index (χ1n) is 9.34. The Kier molecular flexibility index (Phi) is 15.3. The zero-order chi connectivity index (χ0) is 20.3. The van der Waals surface area contributed by atoms with Crippen molar-refractivity contribution in [3.8, 4) is 0 Å². The third-order valence-corrected chi connectivity index (χ3v) is 3.79. The van der Waals surface area contributed by atoms with E-state index in [1.807, 2.05) is 12.2 Å². The molecule has 0 aromatic heterocycles. The molecule has 0 aromatic carbocycles. The van der Waals surface area contributed by atoms with Crippen LogP contribution in [0.25, 0.3) is 0 Å². The lowest BCUT2D eigenvalue weighted by atomic mass is 10.1. The van der Waals surface area contributed by atoms with E-state index in [0.29, 0.717) is 25.7 Å². The van der Waals surface area contributed by atoms with Gasteiger partial charge in [0.15, 0.2) is 6.29 Å². The number of carbonyl (C=O) groups excluding carboxylic acids is 1. The molecule has 0 aliphatic carbocycles. The maximum absolute atomic E-state index is 11.1. The normalized spacial score (nSPS) is 12.8. The standard InChI is InChI=1S/C20H29N2O5/c1-2-3-4-5-6-8-11-14-19(21(24)25)16-17-20(22(26)27)15-12-9-7-10-13-18-23/h6,8-9,12,14,17H,2-5,7,10-11,13,15-16H2,1H3/b8-6+,12-9+,19-14-,20-17-. The number of nitro groups is 2. The van der Waals surface area contributed by atoms with Crippen LogP contribution in [-0.4, -0.2) is 16.1 Å². The molecule has 0 unspecified atom stereocenters. The minimum Gasteiger partial charge on any atom is -0.291 e. The molecule has 0 amide bonds. The molecular weight excluding hydrogens is 348 g/mol. The van der Waals surface area contributed by atoms with E-state index in [9.17, 15) is 25.0 Å². The van der Waals surface area contributed by atoms with Crippen molar-refractivity contribution in [3.63, 3.8) is 0 Å². The second-order valence-corrected chi connectivity index (χ2v) is 6.02. The lowest BCUT2D eigenvalue weighted by Crippen LogP contribution is -2.01. The second-order valence-electron chi connectivity index (χ2n) is 6.02. The molecule has 0 spiro atoms. The van der Waals surface area contributed by atoms with Gasteiger partial charge in [0.05, 0.1) is 22.7 Å². The zero-order valence-electron chi connectivity index (χ0n) is 16.0. The second kappa shape index (κ2) is 16.9. The van der Waals surface area contributed by atoms with Crippen LogP contribution in [0.1, 0.15) is 71.1 Å². The first-order valence-corrected chi connectivity index (χ1v) is 9.34. The maximum Gasteiger partial charge on any atom is 0.246 e. The third kappa shape index (κ3) is 14.3. The van der Waals surface area contributed by atoms with Crippen LogP contribution in [0.4, 0.5) is 0 Å². The molecule has 0 N–H and O–H groups in total. The summed E-state index contributed by atoms with van der Waals surface area (Å²) in [6, 6.07) is 0. The van der Waals surface area contributed by atoms with Crippen LogP contribution in [0, 0.1) is 20.2 Å². The minimum atomic E-state index is -0.519. The van der Waals surface area contributed by atoms with Crippen molar-refractivity contribution in [2.45, 2.75) is 71.1 Å². The van der Waals surface area contributed by atoms with Crippen molar-refractivity contribution in [2.24, 2.45) is 0 Å². The summed E-state index contributed by atoms with van der Waals surface area (Å²) >= 11 is 0. The highest BCUT2D eigenvalue weighted by molar-refractivity contribution is 5.50. The fourth-order valence-electron chi connectivity index (χ4n) is 2.23. The SMILES string of the molecule is CCCCC/C=C/C/C=C(/C/C=C(/C/C=C/CCC[C]=O)[N+](=O)[O-])[N+](=O)[O-]. The minimum absolute atomic E-state index is 0.0435. The Balaban J connectivity index is 4.64.